The molecule has 0 atom stereocenters. The van der Waals surface area contributed by atoms with Crippen LogP contribution < -0.4 is 16.7 Å². The van der Waals surface area contributed by atoms with E-state index in [1.54, 1.807) is 30.7 Å². The zero-order chi connectivity index (χ0) is 27.5. The number of fused-ring (bicyclic) bond motifs is 1. The molecule has 1 N–H and O–H groups in total. The van der Waals surface area contributed by atoms with Crippen molar-refractivity contribution in [3.8, 4) is 0 Å². The number of aryl methyl sites for hydroxylation is 1. The normalized spacial score (nSPS) is 11.6. The summed E-state index contributed by atoms with van der Waals surface area (Å²) in [7, 11) is 1.58. The number of benzene rings is 3. The van der Waals surface area contributed by atoms with Crippen molar-refractivity contribution in [2.75, 3.05) is 5.43 Å². The third-order valence-corrected chi connectivity index (χ3v) is 6.40. The molecule has 0 saturated carbocycles. The first-order valence-electron chi connectivity index (χ1n) is 12.2. The molecule has 0 bridgehead atoms. The Balaban J connectivity index is 1.64. The number of nitrogens with zero attached hydrogens (tertiary/aromatic N) is 6. The van der Waals surface area contributed by atoms with Gasteiger partial charge in [0.05, 0.1) is 23.7 Å². The number of anilines is 1. The number of nitro groups is 1. The van der Waals surface area contributed by atoms with E-state index in [2.05, 4.69) is 15.5 Å². The predicted octanol–water partition coefficient (Wildman–Crippen LogP) is 3.74. The van der Waals surface area contributed by atoms with Gasteiger partial charge >= 0.3 is 5.69 Å². The average Bonchev–Trinajstić information content (AvgIpc) is 3.32. The van der Waals surface area contributed by atoms with Gasteiger partial charge in [-0.1, -0.05) is 72.8 Å². The molecule has 0 aliphatic heterocycles. The highest BCUT2D eigenvalue weighted by atomic mass is 16.6. The van der Waals surface area contributed by atoms with Crippen LogP contribution in [0.2, 0.25) is 0 Å². The summed E-state index contributed by atoms with van der Waals surface area (Å²) < 4.78 is 4.24. The molecular weight excluding hydrogens is 498 g/mol. The van der Waals surface area contributed by atoms with E-state index in [4.69, 9.17) is 0 Å². The second kappa shape index (κ2) is 10.6. The van der Waals surface area contributed by atoms with E-state index in [1.807, 2.05) is 60.7 Å². The van der Waals surface area contributed by atoms with Crippen LogP contribution in [0.5, 0.6) is 0 Å². The van der Waals surface area contributed by atoms with E-state index in [1.165, 1.54) is 21.3 Å². The molecule has 11 nitrogen and oxygen atoms in total. The van der Waals surface area contributed by atoms with Crippen molar-refractivity contribution in [2.45, 2.75) is 20.0 Å². The second-order valence-electron chi connectivity index (χ2n) is 9.01. The Bertz CT molecular complexity index is 1820. The van der Waals surface area contributed by atoms with Crippen LogP contribution in [-0.2, 0) is 20.1 Å². The van der Waals surface area contributed by atoms with E-state index >= 15 is 0 Å². The first-order chi connectivity index (χ1) is 18.8. The number of non-ortho nitro benzene ring substituents is 1. The molecule has 2 aromatic heterocycles. The maximum atomic E-state index is 13.8. The highest BCUT2D eigenvalue weighted by Crippen LogP contribution is 2.19. The Morgan fingerprint density at radius 1 is 0.923 bits per heavy atom. The van der Waals surface area contributed by atoms with Crippen LogP contribution in [0.4, 0.5) is 11.6 Å². The van der Waals surface area contributed by atoms with Crippen LogP contribution in [0.15, 0.2) is 99.6 Å². The molecule has 0 spiro atoms. The third kappa shape index (κ3) is 5.10. The Morgan fingerprint density at radius 2 is 1.54 bits per heavy atom. The lowest BCUT2D eigenvalue weighted by Gasteiger charge is -2.11. The molecule has 0 radical (unpaired) electrons. The minimum absolute atomic E-state index is 0.0488. The molecule has 0 aliphatic carbocycles. The Labute approximate surface area is 222 Å². The van der Waals surface area contributed by atoms with Crippen LogP contribution in [0, 0.1) is 10.1 Å². The van der Waals surface area contributed by atoms with E-state index in [9.17, 15) is 19.7 Å². The fourth-order valence-corrected chi connectivity index (χ4v) is 4.33. The summed E-state index contributed by atoms with van der Waals surface area (Å²) >= 11 is 0. The first kappa shape index (κ1) is 25.3. The van der Waals surface area contributed by atoms with E-state index in [0.29, 0.717) is 17.8 Å². The number of hydrogen-bond acceptors (Lipinski definition) is 7. The fraction of sp³-hybridized carbons (Fsp3) is 0.143. The Morgan fingerprint density at radius 3 is 2.15 bits per heavy atom. The Hall–Kier alpha value is -5.32. The summed E-state index contributed by atoms with van der Waals surface area (Å²) in [4.78, 5) is 42.2. The molecule has 0 saturated heterocycles. The smallest absolute Gasteiger partial charge is 0.298 e. The van der Waals surface area contributed by atoms with Crippen LogP contribution in [0.25, 0.3) is 11.2 Å². The van der Waals surface area contributed by atoms with E-state index in [0.717, 1.165) is 11.1 Å². The summed E-state index contributed by atoms with van der Waals surface area (Å²) in [5.41, 5.74) is 5.17. The van der Waals surface area contributed by atoms with Crippen molar-refractivity contribution in [2.24, 2.45) is 12.1 Å². The first-order valence-corrected chi connectivity index (χ1v) is 12.2. The SMILES string of the molecule is C/C(=N\Nc1nc2c(c(=O)n(Cc3ccccc3)c(=O)n2C)n1Cc1ccccc1)c1cccc([N+](=O)[O-])c1. The highest BCUT2D eigenvalue weighted by molar-refractivity contribution is 5.99. The molecule has 0 unspecified atom stereocenters. The molecule has 0 fully saturated rings. The quantitative estimate of drug-likeness (QED) is 0.187. The standard InChI is InChI=1S/C28H25N7O4/c1-19(22-14-9-15-23(16-22)35(38)39)30-31-27-29-25-24(33(27)17-20-10-5-3-6-11-20)26(36)34(28(37)32(25)2)18-21-12-7-4-8-13-21/h3-16H,17-18H2,1-2H3,(H,29,31)/b30-19+. The average molecular weight is 524 g/mol. The van der Waals surface area contributed by atoms with Gasteiger partial charge in [-0.2, -0.15) is 10.1 Å². The monoisotopic (exact) mass is 523 g/mol. The van der Waals surface area contributed by atoms with Crippen molar-refractivity contribution in [1.29, 1.82) is 0 Å². The van der Waals surface area contributed by atoms with E-state index < -0.39 is 16.2 Å². The minimum Gasteiger partial charge on any atom is -0.298 e. The summed E-state index contributed by atoms with van der Waals surface area (Å²) in [5, 5.41) is 15.6. The van der Waals surface area contributed by atoms with Gasteiger partial charge in [0, 0.05) is 24.7 Å². The van der Waals surface area contributed by atoms with Crippen molar-refractivity contribution < 1.29 is 4.92 Å². The van der Waals surface area contributed by atoms with Gasteiger partial charge in [-0.3, -0.25) is 28.6 Å². The summed E-state index contributed by atoms with van der Waals surface area (Å²) in [5.74, 6) is 0.253. The van der Waals surface area contributed by atoms with Crippen molar-refractivity contribution in [3.05, 3.63) is 133 Å². The van der Waals surface area contributed by atoms with Gasteiger partial charge < -0.3 is 0 Å². The molecule has 5 rings (SSSR count). The second-order valence-corrected chi connectivity index (χ2v) is 9.01. The van der Waals surface area contributed by atoms with Crippen molar-refractivity contribution in [1.82, 2.24) is 18.7 Å². The summed E-state index contributed by atoms with van der Waals surface area (Å²) in [6, 6.07) is 25.0. The lowest BCUT2D eigenvalue weighted by atomic mass is 10.1. The van der Waals surface area contributed by atoms with Gasteiger partial charge in [-0.05, 0) is 18.1 Å². The zero-order valence-electron chi connectivity index (χ0n) is 21.3. The van der Waals surface area contributed by atoms with Crippen molar-refractivity contribution >= 4 is 28.5 Å². The van der Waals surface area contributed by atoms with Crippen LogP contribution in [0.1, 0.15) is 23.6 Å². The molecule has 196 valence electrons. The predicted molar refractivity (Wildman–Crippen MR) is 149 cm³/mol. The van der Waals surface area contributed by atoms with Gasteiger partial charge in [-0.25, -0.2) is 10.2 Å². The number of nitro benzene ring substituents is 1. The fourth-order valence-electron chi connectivity index (χ4n) is 4.33. The lowest BCUT2D eigenvalue weighted by Crippen LogP contribution is -2.40. The highest BCUT2D eigenvalue weighted by Gasteiger charge is 2.21. The molecule has 3 aromatic carbocycles. The summed E-state index contributed by atoms with van der Waals surface area (Å²) in [6.45, 7) is 2.12. The van der Waals surface area contributed by atoms with E-state index in [-0.39, 0.29) is 29.3 Å². The number of nitrogens with one attached hydrogen (secondary N) is 1. The molecule has 2 heterocycles. The van der Waals surface area contributed by atoms with Gasteiger partial charge in [0.15, 0.2) is 11.2 Å². The third-order valence-electron chi connectivity index (χ3n) is 6.40. The number of hydrogen-bond donors (Lipinski definition) is 1. The molecular formula is C28H25N7O4. The molecule has 0 amide bonds. The minimum atomic E-state index is -0.483. The Kier molecular flexibility index (Phi) is 6.87. The topological polar surface area (TPSA) is 129 Å². The van der Waals surface area contributed by atoms with Crippen molar-refractivity contribution in [3.63, 3.8) is 0 Å². The maximum absolute atomic E-state index is 13.8. The number of aromatic nitrogens is 4. The van der Waals surface area contributed by atoms with Gasteiger partial charge in [0.1, 0.15) is 0 Å². The van der Waals surface area contributed by atoms with Gasteiger partial charge in [0.25, 0.3) is 11.2 Å². The number of rotatable bonds is 8. The molecule has 5 aromatic rings. The molecule has 11 heteroatoms. The maximum Gasteiger partial charge on any atom is 0.332 e. The number of hydrazone groups is 1. The largest absolute Gasteiger partial charge is 0.332 e. The zero-order valence-corrected chi connectivity index (χ0v) is 21.3. The van der Waals surface area contributed by atoms with Gasteiger partial charge in [-0.15, -0.1) is 0 Å². The summed E-state index contributed by atoms with van der Waals surface area (Å²) in [6.07, 6.45) is 0. The van der Waals surface area contributed by atoms with Gasteiger partial charge in [0.2, 0.25) is 5.95 Å². The number of imidazole rings is 1. The van der Waals surface area contributed by atoms with Crippen LogP contribution >= 0.6 is 0 Å². The van der Waals surface area contributed by atoms with Crippen LogP contribution in [-0.4, -0.2) is 29.3 Å². The molecule has 0 aliphatic rings. The van der Waals surface area contributed by atoms with Crippen LogP contribution in [0.3, 0.4) is 0 Å². The molecule has 39 heavy (non-hydrogen) atoms. The lowest BCUT2D eigenvalue weighted by molar-refractivity contribution is -0.384.